The summed E-state index contributed by atoms with van der Waals surface area (Å²) in [5, 5.41) is 2.92. The van der Waals surface area contributed by atoms with E-state index in [4.69, 9.17) is 0 Å². The van der Waals surface area contributed by atoms with Crippen molar-refractivity contribution in [3.8, 4) is 0 Å². The van der Waals surface area contributed by atoms with Crippen LogP contribution >= 0.6 is 0 Å². The first-order valence-corrected chi connectivity index (χ1v) is 6.77. The molecule has 0 saturated carbocycles. The maximum atomic E-state index is 12.2. The zero-order valence-corrected chi connectivity index (χ0v) is 11.3. The second-order valence-electron chi connectivity index (χ2n) is 4.93. The summed E-state index contributed by atoms with van der Waals surface area (Å²) in [5.41, 5.74) is 1.07. The molecule has 0 aliphatic carbocycles. The number of nitrogens with one attached hydrogen (secondary N) is 1. The van der Waals surface area contributed by atoms with Crippen LogP contribution in [0.3, 0.4) is 0 Å². The second kappa shape index (κ2) is 6.36. The molecule has 1 unspecified atom stereocenters. The number of carbonyl (C=O) groups excluding carboxylic acids is 2. The third kappa shape index (κ3) is 3.56. The first-order valence-electron chi connectivity index (χ1n) is 6.77. The number of benzene rings is 1. The van der Waals surface area contributed by atoms with Crippen LogP contribution in [0.4, 0.5) is 0 Å². The number of piperidine rings is 1. The van der Waals surface area contributed by atoms with Gasteiger partial charge in [0, 0.05) is 20.0 Å². The first-order chi connectivity index (χ1) is 9.18. The highest BCUT2D eigenvalue weighted by molar-refractivity contribution is 5.87. The molecule has 0 aromatic heterocycles. The van der Waals surface area contributed by atoms with Gasteiger partial charge in [-0.25, -0.2) is 0 Å². The van der Waals surface area contributed by atoms with Crippen LogP contribution in [0.1, 0.15) is 31.7 Å². The molecule has 19 heavy (non-hydrogen) atoms. The highest BCUT2D eigenvalue weighted by Crippen LogP contribution is 2.17. The minimum absolute atomic E-state index is 0.0143. The fourth-order valence-electron chi connectivity index (χ4n) is 2.48. The van der Waals surface area contributed by atoms with E-state index in [0.29, 0.717) is 13.1 Å². The molecule has 4 nitrogen and oxygen atoms in total. The van der Waals surface area contributed by atoms with Crippen LogP contribution in [0.2, 0.25) is 0 Å². The highest BCUT2D eigenvalue weighted by Gasteiger charge is 2.29. The molecule has 1 fully saturated rings. The Kier molecular flexibility index (Phi) is 4.55. The standard InChI is InChI=1S/C15H20N2O2/c1-12(18)17-10-6-5-9-14(17)15(19)16-11-13-7-3-2-4-8-13/h2-4,7-8,14H,5-6,9-11H2,1H3,(H,16,19). The Morgan fingerprint density at radius 3 is 2.68 bits per heavy atom. The van der Waals surface area contributed by atoms with E-state index < -0.39 is 0 Å². The SMILES string of the molecule is CC(=O)N1CCCCC1C(=O)NCc1ccccc1. The lowest BCUT2D eigenvalue weighted by atomic mass is 10.0. The van der Waals surface area contributed by atoms with E-state index in [1.165, 1.54) is 6.92 Å². The summed E-state index contributed by atoms with van der Waals surface area (Å²) in [4.78, 5) is 25.4. The quantitative estimate of drug-likeness (QED) is 0.899. The van der Waals surface area contributed by atoms with Gasteiger partial charge in [0.15, 0.2) is 0 Å². The van der Waals surface area contributed by atoms with Gasteiger partial charge in [0.1, 0.15) is 6.04 Å². The predicted octanol–water partition coefficient (Wildman–Crippen LogP) is 1.70. The van der Waals surface area contributed by atoms with Crippen LogP contribution in [0.25, 0.3) is 0 Å². The Hall–Kier alpha value is -1.84. The van der Waals surface area contributed by atoms with Crippen molar-refractivity contribution in [2.24, 2.45) is 0 Å². The Bertz CT molecular complexity index is 445. The zero-order chi connectivity index (χ0) is 13.7. The molecule has 1 aliphatic rings. The fraction of sp³-hybridized carbons (Fsp3) is 0.467. The van der Waals surface area contributed by atoms with E-state index in [0.717, 1.165) is 24.8 Å². The number of amides is 2. The number of nitrogens with zero attached hydrogens (tertiary/aromatic N) is 1. The van der Waals surface area contributed by atoms with Crippen LogP contribution in [0.15, 0.2) is 30.3 Å². The summed E-state index contributed by atoms with van der Waals surface area (Å²) in [6, 6.07) is 9.50. The molecule has 4 heteroatoms. The molecule has 1 aromatic rings. The average Bonchev–Trinajstić information content (AvgIpc) is 2.46. The maximum Gasteiger partial charge on any atom is 0.243 e. The summed E-state index contributed by atoms with van der Waals surface area (Å²) >= 11 is 0. The number of likely N-dealkylation sites (tertiary alicyclic amines) is 1. The number of carbonyl (C=O) groups is 2. The van der Waals surface area contributed by atoms with E-state index in [1.807, 2.05) is 30.3 Å². The van der Waals surface area contributed by atoms with E-state index in [-0.39, 0.29) is 17.9 Å². The smallest absolute Gasteiger partial charge is 0.243 e. The van der Waals surface area contributed by atoms with Gasteiger partial charge in [-0.1, -0.05) is 30.3 Å². The molecule has 1 heterocycles. The molecule has 2 amide bonds. The molecule has 1 atom stereocenters. The second-order valence-corrected chi connectivity index (χ2v) is 4.93. The summed E-state index contributed by atoms with van der Waals surface area (Å²) < 4.78 is 0. The van der Waals surface area contributed by atoms with E-state index >= 15 is 0 Å². The Morgan fingerprint density at radius 1 is 1.26 bits per heavy atom. The molecule has 0 bridgehead atoms. The maximum absolute atomic E-state index is 12.2. The van der Waals surface area contributed by atoms with Crippen molar-refractivity contribution >= 4 is 11.8 Å². The highest BCUT2D eigenvalue weighted by atomic mass is 16.2. The normalized spacial score (nSPS) is 19.0. The Morgan fingerprint density at radius 2 is 2.00 bits per heavy atom. The first kappa shape index (κ1) is 13.6. The largest absolute Gasteiger partial charge is 0.350 e. The van der Waals surface area contributed by atoms with Gasteiger partial charge < -0.3 is 10.2 Å². The Labute approximate surface area is 113 Å². The summed E-state index contributed by atoms with van der Waals surface area (Å²) in [5.74, 6) is -0.0571. The van der Waals surface area contributed by atoms with Gasteiger partial charge in [0.2, 0.25) is 11.8 Å². The van der Waals surface area contributed by atoms with Gasteiger partial charge >= 0.3 is 0 Å². The number of hydrogen-bond donors (Lipinski definition) is 1. The molecule has 1 saturated heterocycles. The van der Waals surface area contributed by atoms with Gasteiger partial charge in [-0.2, -0.15) is 0 Å². The molecule has 102 valence electrons. The molecular weight excluding hydrogens is 240 g/mol. The van der Waals surface area contributed by atoms with Crippen molar-refractivity contribution in [2.45, 2.75) is 38.8 Å². The van der Waals surface area contributed by atoms with Crippen molar-refractivity contribution in [2.75, 3.05) is 6.54 Å². The van der Waals surface area contributed by atoms with Gasteiger partial charge in [-0.3, -0.25) is 9.59 Å². The average molecular weight is 260 g/mol. The Balaban J connectivity index is 1.93. The number of rotatable bonds is 3. The molecule has 1 aromatic carbocycles. The molecular formula is C15H20N2O2. The lowest BCUT2D eigenvalue weighted by Gasteiger charge is -2.33. The van der Waals surface area contributed by atoms with Gasteiger partial charge in [0.05, 0.1) is 0 Å². The van der Waals surface area contributed by atoms with E-state index in [2.05, 4.69) is 5.32 Å². The monoisotopic (exact) mass is 260 g/mol. The van der Waals surface area contributed by atoms with Crippen molar-refractivity contribution in [1.82, 2.24) is 10.2 Å². The van der Waals surface area contributed by atoms with Crippen LogP contribution in [0, 0.1) is 0 Å². The molecule has 0 radical (unpaired) electrons. The van der Waals surface area contributed by atoms with Crippen LogP contribution in [-0.2, 0) is 16.1 Å². The van der Waals surface area contributed by atoms with Gasteiger partial charge in [-0.15, -0.1) is 0 Å². The van der Waals surface area contributed by atoms with Crippen LogP contribution in [0.5, 0.6) is 0 Å². The summed E-state index contributed by atoms with van der Waals surface area (Å²) in [6.07, 6.45) is 2.76. The zero-order valence-electron chi connectivity index (χ0n) is 11.3. The molecule has 1 N–H and O–H groups in total. The summed E-state index contributed by atoms with van der Waals surface area (Å²) in [6.45, 7) is 2.74. The van der Waals surface area contributed by atoms with Crippen molar-refractivity contribution in [3.63, 3.8) is 0 Å². The topological polar surface area (TPSA) is 49.4 Å². The summed E-state index contributed by atoms with van der Waals surface area (Å²) in [7, 11) is 0. The van der Waals surface area contributed by atoms with Crippen LogP contribution < -0.4 is 5.32 Å². The van der Waals surface area contributed by atoms with Gasteiger partial charge in [-0.05, 0) is 24.8 Å². The number of hydrogen-bond acceptors (Lipinski definition) is 2. The minimum Gasteiger partial charge on any atom is -0.350 e. The van der Waals surface area contributed by atoms with E-state index in [1.54, 1.807) is 4.90 Å². The fourth-order valence-corrected chi connectivity index (χ4v) is 2.48. The van der Waals surface area contributed by atoms with Gasteiger partial charge in [0.25, 0.3) is 0 Å². The van der Waals surface area contributed by atoms with Crippen molar-refractivity contribution in [1.29, 1.82) is 0 Å². The molecule has 0 spiro atoms. The molecule has 2 rings (SSSR count). The van der Waals surface area contributed by atoms with E-state index in [9.17, 15) is 9.59 Å². The third-order valence-electron chi connectivity index (χ3n) is 3.52. The van der Waals surface area contributed by atoms with Crippen molar-refractivity contribution in [3.05, 3.63) is 35.9 Å². The third-order valence-corrected chi connectivity index (χ3v) is 3.52. The minimum atomic E-state index is -0.296. The predicted molar refractivity (Wildman–Crippen MR) is 73.3 cm³/mol. The van der Waals surface area contributed by atoms with Crippen molar-refractivity contribution < 1.29 is 9.59 Å². The lowest BCUT2D eigenvalue weighted by Crippen LogP contribution is -2.51. The lowest BCUT2D eigenvalue weighted by molar-refractivity contribution is -0.140. The molecule has 1 aliphatic heterocycles. The van der Waals surface area contributed by atoms with Crippen LogP contribution in [-0.4, -0.2) is 29.3 Å².